The molecule has 0 aromatic heterocycles. The minimum Gasteiger partial charge on any atom is -0.545 e. The maximum Gasteiger partial charge on any atom is 1.00 e. The van der Waals surface area contributed by atoms with Crippen LogP contribution in [0.4, 0.5) is 0 Å². The van der Waals surface area contributed by atoms with Gasteiger partial charge in [0.05, 0.1) is 18.1 Å². The summed E-state index contributed by atoms with van der Waals surface area (Å²) in [7, 11) is 0. The molecule has 0 heterocycles. The van der Waals surface area contributed by atoms with Crippen LogP contribution in [0.25, 0.3) is 0 Å². The number of carboxylic acid groups (broad SMARTS) is 1. The average molecular weight is 439 g/mol. The van der Waals surface area contributed by atoms with Crippen LogP contribution in [0.1, 0.15) is 62.4 Å². The van der Waals surface area contributed by atoms with Gasteiger partial charge in [-0.2, -0.15) is 0 Å². The molecule has 5 nitrogen and oxygen atoms in total. The second-order valence-electron chi connectivity index (χ2n) is 7.94. The molecule has 0 aliphatic heterocycles. The Balaban J connectivity index is 0.00000450. The second-order valence-corrected chi connectivity index (χ2v) is 7.94. The molecular formula is C24H31KO5. The van der Waals surface area contributed by atoms with Crippen molar-refractivity contribution in [3.63, 3.8) is 0 Å². The predicted octanol–water partition coefficient (Wildman–Crippen LogP) is 1.57. The van der Waals surface area contributed by atoms with E-state index in [2.05, 4.69) is 20.8 Å². The molecule has 0 saturated carbocycles. The molecule has 30 heavy (non-hydrogen) atoms. The van der Waals surface area contributed by atoms with Crippen LogP contribution in [-0.4, -0.2) is 17.7 Å². The minimum absolute atomic E-state index is 0. The third-order valence-electron chi connectivity index (χ3n) is 4.88. The molecule has 0 aliphatic rings. The van der Waals surface area contributed by atoms with Crippen molar-refractivity contribution in [3.05, 3.63) is 53.6 Å². The van der Waals surface area contributed by atoms with Gasteiger partial charge in [0.15, 0.2) is 0 Å². The van der Waals surface area contributed by atoms with Crippen molar-refractivity contribution in [2.45, 2.75) is 53.1 Å². The topological polar surface area (TPSA) is 78.8 Å². The quantitative estimate of drug-likeness (QED) is 0.509. The summed E-state index contributed by atoms with van der Waals surface area (Å²) in [6, 6.07) is 11.8. The van der Waals surface area contributed by atoms with Crippen molar-refractivity contribution in [2.75, 3.05) is 6.61 Å². The SMILES string of the molecule is CC(C)CCCC(C)CCOc1ccc(COc2cccc(O)c2C(=O)[O-])cc1.[K+]. The Morgan fingerprint density at radius 1 is 1.00 bits per heavy atom. The average Bonchev–Trinajstić information content (AvgIpc) is 2.66. The third kappa shape index (κ3) is 9.39. The molecule has 0 saturated heterocycles. The van der Waals surface area contributed by atoms with Crippen LogP contribution >= 0.6 is 0 Å². The van der Waals surface area contributed by atoms with Gasteiger partial charge in [-0.1, -0.05) is 58.2 Å². The van der Waals surface area contributed by atoms with Gasteiger partial charge in [-0.3, -0.25) is 0 Å². The van der Waals surface area contributed by atoms with Crippen LogP contribution in [0, 0.1) is 11.8 Å². The van der Waals surface area contributed by atoms with Gasteiger partial charge >= 0.3 is 51.4 Å². The van der Waals surface area contributed by atoms with Crippen molar-refractivity contribution in [3.8, 4) is 17.2 Å². The molecule has 1 atom stereocenters. The zero-order valence-electron chi connectivity index (χ0n) is 18.5. The fourth-order valence-electron chi connectivity index (χ4n) is 3.08. The van der Waals surface area contributed by atoms with E-state index in [1.165, 1.54) is 37.5 Å². The largest absolute Gasteiger partial charge is 1.00 e. The van der Waals surface area contributed by atoms with E-state index in [4.69, 9.17) is 9.47 Å². The number of carbonyl (C=O) groups is 1. The molecule has 0 spiro atoms. The Morgan fingerprint density at radius 3 is 2.33 bits per heavy atom. The number of aromatic hydroxyl groups is 1. The summed E-state index contributed by atoms with van der Waals surface area (Å²) in [4.78, 5) is 11.2. The summed E-state index contributed by atoms with van der Waals surface area (Å²) in [5, 5.41) is 20.8. The third-order valence-corrected chi connectivity index (χ3v) is 4.88. The van der Waals surface area contributed by atoms with E-state index in [0.29, 0.717) is 12.5 Å². The van der Waals surface area contributed by atoms with Crippen molar-refractivity contribution >= 4 is 5.97 Å². The number of hydrogen-bond acceptors (Lipinski definition) is 5. The number of hydrogen-bond donors (Lipinski definition) is 1. The second kappa shape index (κ2) is 14.1. The zero-order chi connectivity index (χ0) is 21.2. The Kier molecular flexibility index (Phi) is 12.7. The monoisotopic (exact) mass is 438 g/mol. The van der Waals surface area contributed by atoms with Crippen LogP contribution in [0.2, 0.25) is 0 Å². The van der Waals surface area contributed by atoms with Crippen LogP contribution in [0.5, 0.6) is 17.2 Å². The minimum atomic E-state index is -1.47. The van der Waals surface area contributed by atoms with Crippen LogP contribution < -0.4 is 66.0 Å². The van der Waals surface area contributed by atoms with E-state index in [-0.39, 0.29) is 75.1 Å². The molecule has 2 rings (SSSR count). The van der Waals surface area contributed by atoms with Gasteiger partial charge in [0, 0.05) is 0 Å². The standard InChI is InChI=1S/C24H32O5.K/c1-17(2)6-4-7-18(3)14-15-28-20-12-10-19(11-13-20)16-29-22-9-5-8-21(25)23(22)24(26)27;/h5,8-13,17-18,25H,4,6-7,14-16H2,1-3H3,(H,26,27);/q;+1/p-1. The van der Waals surface area contributed by atoms with Gasteiger partial charge in [0.1, 0.15) is 23.9 Å². The molecular weight excluding hydrogens is 407 g/mol. The molecule has 1 N–H and O–H groups in total. The van der Waals surface area contributed by atoms with E-state index in [1.54, 1.807) is 0 Å². The van der Waals surface area contributed by atoms with Crippen LogP contribution in [-0.2, 0) is 6.61 Å². The van der Waals surface area contributed by atoms with Gasteiger partial charge in [0.2, 0.25) is 0 Å². The van der Waals surface area contributed by atoms with E-state index in [1.807, 2.05) is 24.3 Å². The summed E-state index contributed by atoms with van der Waals surface area (Å²) < 4.78 is 11.4. The number of benzene rings is 2. The van der Waals surface area contributed by atoms with Crippen molar-refractivity contribution in [1.82, 2.24) is 0 Å². The molecule has 2 aromatic rings. The zero-order valence-corrected chi connectivity index (χ0v) is 21.6. The van der Waals surface area contributed by atoms with Gasteiger partial charge in [-0.25, -0.2) is 0 Å². The number of carboxylic acids is 1. The Bertz CT molecular complexity index is 774. The van der Waals surface area contributed by atoms with E-state index in [9.17, 15) is 15.0 Å². The molecule has 0 bridgehead atoms. The fraction of sp³-hybridized carbons (Fsp3) is 0.458. The van der Waals surface area contributed by atoms with Gasteiger partial charge in [-0.15, -0.1) is 0 Å². The van der Waals surface area contributed by atoms with E-state index >= 15 is 0 Å². The summed E-state index contributed by atoms with van der Waals surface area (Å²) in [6.45, 7) is 7.66. The van der Waals surface area contributed by atoms with Gasteiger partial charge in [-0.05, 0) is 48.1 Å². The Morgan fingerprint density at radius 2 is 1.70 bits per heavy atom. The van der Waals surface area contributed by atoms with Crippen molar-refractivity contribution in [1.29, 1.82) is 0 Å². The first-order valence-corrected chi connectivity index (χ1v) is 10.2. The van der Waals surface area contributed by atoms with Gasteiger partial charge in [0.25, 0.3) is 0 Å². The van der Waals surface area contributed by atoms with Crippen molar-refractivity contribution in [2.24, 2.45) is 11.8 Å². The fourth-order valence-corrected chi connectivity index (χ4v) is 3.08. The Hall–Kier alpha value is -1.05. The summed E-state index contributed by atoms with van der Waals surface area (Å²) in [5.41, 5.74) is 0.530. The van der Waals surface area contributed by atoms with E-state index < -0.39 is 5.97 Å². The van der Waals surface area contributed by atoms with Gasteiger partial charge < -0.3 is 24.5 Å². The number of ether oxygens (including phenoxy) is 2. The number of rotatable bonds is 12. The molecule has 158 valence electrons. The molecule has 1 unspecified atom stereocenters. The smallest absolute Gasteiger partial charge is 0.545 e. The molecule has 2 aromatic carbocycles. The number of carbonyl (C=O) groups excluding carboxylic acids is 1. The number of phenols is 1. The molecule has 0 aliphatic carbocycles. The first kappa shape index (κ1) is 27.0. The first-order chi connectivity index (χ1) is 13.9. The van der Waals surface area contributed by atoms with Crippen LogP contribution in [0.15, 0.2) is 42.5 Å². The summed E-state index contributed by atoms with van der Waals surface area (Å²) in [6.07, 6.45) is 4.82. The predicted molar refractivity (Wildman–Crippen MR) is 111 cm³/mol. The summed E-state index contributed by atoms with van der Waals surface area (Å²) in [5.74, 6) is 0.459. The van der Waals surface area contributed by atoms with Crippen LogP contribution in [0.3, 0.4) is 0 Å². The normalized spacial score (nSPS) is 11.6. The molecule has 0 amide bonds. The first-order valence-electron chi connectivity index (χ1n) is 10.2. The molecule has 0 fully saturated rings. The number of aromatic carboxylic acids is 1. The maximum absolute atomic E-state index is 11.2. The Labute approximate surface area is 222 Å². The molecule has 0 radical (unpaired) electrons. The van der Waals surface area contributed by atoms with Crippen molar-refractivity contribution < 1.29 is 75.9 Å². The summed E-state index contributed by atoms with van der Waals surface area (Å²) >= 11 is 0. The maximum atomic E-state index is 11.2. The molecule has 6 heteroatoms. The van der Waals surface area contributed by atoms with E-state index in [0.717, 1.165) is 23.7 Å².